The molecule has 0 aromatic heterocycles. The number of hydrogen-bond acceptors (Lipinski definition) is 2. The van der Waals surface area contributed by atoms with Crippen LogP contribution >= 0.6 is 0 Å². The average Bonchev–Trinajstić information content (AvgIpc) is 3.59. The summed E-state index contributed by atoms with van der Waals surface area (Å²) in [6.07, 6.45) is 8.32. The fourth-order valence-corrected chi connectivity index (χ4v) is 8.12. The lowest BCUT2D eigenvalue weighted by Gasteiger charge is -2.33. The van der Waals surface area contributed by atoms with Crippen molar-refractivity contribution in [3.8, 4) is 22.3 Å². The van der Waals surface area contributed by atoms with E-state index in [9.17, 15) is 0 Å². The molecule has 1 unspecified atom stereocenters. The lowest BCUT2D eigenvalue weighted by molar-refractivity contribution is 0.00578. The minimum absolute atomic E-state index is 0.329. The normalized spacial score (nSPS) is 20.0. The molecule has 3 heteroatoms. The van der Waals surface area contributed by atoms with Crippen molar-refractivity contribution in [2.45, 2.75) is 105 Å². The van der Waals surface area contributed by atoms with Gasteiger partial charge in [-0.3, -0.25) is 0 Å². The molecule has 242 valence electrons. The topological polar surface area (TPSA) is 18.5 Å². The van der Waals surface area contributed by atoms with Gasteiger partial charge in [0, 0.05) is 0 Å². The predicted octanol–water partition coefficient (Wildman–Crippen LogP) is 11.1. The van der Waals surface area contributed by atoms with Crippen LogP contribution in [-0.2, 0) is 14.7 Å². The number of unbranched alkanes of at least 4 members (excludes halogenated alkanes) is 2. The molecule has 2 nitrogen and oxygen atoms in total. The molecule has 0 bridgehead atoms. The Labute approximate surface area is 284 Å². The van der Waals surface area contributed by atoms with E-state index in [1.165, 1.54) is 79.6 Å². The predicted molar refractivity (Wildman–Crippen MR) is 201 cm³/mol. The zero-order valence-corrected chi connectivity index (χ0v) is 30.2. The van der Waals surface area contributed by atoms with Crippen molar-refractivity contribution < 1.29 is 9.31 Å². The Morgan fingerprint density at radius 3 is 1.85 bits per heavy atom. The van der Waals surface area contributed by atoms with Crippen LogP contribution in [0.1, 0.15) is 108 Å². The molecule has 3 aliphatic rings. The average molecular weight is 623 g/mol. The highest BCUT2D eigenvalue weighted by molar-refractivity contribution is 6.62. The lowest BCUT2D eigenvalue weighted by atomic mass is 9.68. The van der Waals surface area contributed by atoms with Crippen LogP contribution < -0.4 is 5.46 Å². The minimum atomic E-state index is -0.394. The van der Waals surface area contributed by atoms with Gasteiger partial charge in [-0.15, -0.1) is 0 Å². The van der Waals surface area contributed by atoms with Gasteiger partial charge in [0.25, 0.3) is 0 Å². The third-order valence-electron chi connectivity index (χ3n) is 11.2. The summed E-state index contributed by atoms with van der Waals surface area (Å²) in [5.41, 5.74) is 16.1. The Balaban J connectivity index is 0.00000190. The van der Waals surface area contributed by atoms with Gasteiger partial charge in [0.15, 0.2) is 0 Å². The van der Waals surface area contributed by atoms with Crippen LogP contribution in [0.5, 0.6) is 0 Å². The number of rotatable bonds is 6. The van der Waals surface area contributed by atoms with Crippen LogP contribution in [0.15, 0.2) is 96.6 Å². The Morgan fingerprint density at radius 1 is 0.638 bits per heavy atom. The zero-order valence-electron chi connectivity index (χ0n) is 30.2. The third-order valence-corrected chi connectivity index (χ3v) is 11.2. The highest BCUT2D eigenvalue weighted by Crippen LogP contribution is 2.63. The Morgan fingerprint density at radius 2 is 1.19 bits per heavy atom. The van der Waals surface area contributed by atoms with Crippen LogP contribution in [0.4, 0.5) is 0 Å². The molecule has 1 atom stereocenters. The molecule has 0 amide bonds. The molecule has 47 heavy (non-hydrogen) atoms. The summed E-state index contributed by atoms with van der Waals surface area (Å²) in [5, 5.41) is 0. The van der Waals surface area contributed by atoms with E-state index in [1.807, 2.05) is 13.8 Å². The van der Waals surface area contributed by atoms with Gasteiger partial charge < -0.3 is 9.31 Å². The summed E-state index contributed by atoms with van der Waals surface area (Å²) in [6.45, 7) is 21.7. The maximum atomic E-state index is 6.52. The summed E-state index contributed by atoms with van der Waals surface area (Å²) < 4.78 is 13.0. The number of fused-ring (bicyclic) bond motifs is 7. The second kappa shape index (κ2) is 12.4. The SMILES string of the molecule is CC.CCCC/C=C\C1=C(C)C2(c3ccccc31)c1ccccc1-c1ccc(-c3cccc(B4OC(C)(C)C(C)(C)O4)c3C)c(C)c12. The summed E-state index contributed by atoms with van der Waals surface area (Å²) in [6, 6.07) is 29.5. The summed E-state index contributed by atoms with van der Waals surface area (Å²) in [5.74, 6) is 0. The molecule has 2 aliphatic carbocycles. The van der Waals surface area contributed by atoms with E-state index in [-0.39, 0.29) is 16.6 Å². The molecular formula is C44H51BO2. The van der Waals surface area contributed by atoms with E-state index in [0.29, 0.717) is 0 Å². The van der Waals surface area contributed by atoms with Crippen molar-refractivity contribution in [3.63, 3.8) is 0 Å². The second-order valence-electron chi connectivity index (χ2n) is 14.2. The van der Waals surface area contributed by atoms with Crippen LogP contribution in [0.2, 0.25) is 0 Å². The van der Waals surface area contributed by atoms with Crippen LogP contribution in [0.25, 0.3) is 27.8 Å². The molecule has 1 spiro atoms. The van der Waals surface area contributed by atoms with E-state index in [2.05, 4.69) is 146 Å². The van der Waals surface area contributed by atoms with Gasteiger partial charge in [0.1, 0.15) is 0 Å². The van der Waals surface area contributed by atoms with Crippen molar-refractivity contribution >= 4 is 18.2 Å². The largest absolute Gasteiger partial charge is 0.495 e. The van der Waals surface area contributed by atoms with E-state index in [4.69, 9.17) is 9.31 Å². The molecule has 0 radical (unpaired) electrons. The summed E-state index contributed by atoms with van der Waals surface area (Å²) in [7, 11) is -0.394. The molecule has 1 fully saturated rings. The van der Waals surface area contributed by atoms with Gasteiger partial charge in [-0.05, 0) is 127 Å². The summed E-state index contributed by atoms with van der Waals surface area (Å²) in [4.78, 5) is 0. The molecule has 7 rings (SSSR count). The van der Waals surface area contributed by atoms with E-state index in [1.54, 1.807) is 0 Å². The van der Waals surface area contributed by atoms with Crippen LogP contribution in [0.3, 0.4) is 0 Å². The quantitative estimate of drug-likeness (QED) is 0.157. The number of hydrogen-bond donors (Lipinski definition) is 0. The van der Waals surface area contributed by atoms with Crippen molar-refractivity contribution in [2.75, 3.05) is 0 Å². The smallest absolute Gasteiger partial charge is 0.399 e. The first-order chi connectivity index (χ1) is 22.5. The molecule has 4 aromatic rings. The third kappa shape index (κ3) is 4.92. The zero-order chi connectivity index (χ0) is 33.7. The van der Waals surface area contributed by atoms with Crippen LogP contribution in [-0.4, -0.2) is 18.3 Å². The number of allylic oxidation sites excluding steroid dienone is 4. The summed E-state index contributed by atoms with van der Waals surface area (Å²) >= 11 is 0. The van der Waals surface area contributed by atoms with Gasteiger partial charge >= 0.3 is 7.12 Å². The first kappa shape index (κ1) is 33.3. The molecule has 0 N–H and O–H groups in total. The Bertz CT molecular complexity index is 1880. The molecule has 1 aliphatic heterocycles. The monoisotopic (exact) mass is 622 g/mol. The van der Waals surface area contributed by atoms with Crippen molar-refractivity contribution in [2.24, 2.45) is 0 Å². The second-order valence-corrected chi connectivity index (χ2v) is 14.2. The molecule has 1 heterocycles. The Kier molecular flexibility index (Phi) is 8.79. The Hall–Kier alpha value is -3.66. The van der Waals surface area contributed by atoms with E-state index >= 15 is 0 Å². The first-order valence-electron chi connectivity index (χ1n) is 17.7. The minimum Gasteiger partial charge on any atom is -0.399 e. The maximum Gasteiger partial charge on any atom is 0.495 e. The van der Waals surface area contributed by atoms with Crippen molar-refractivity contribution in [3.05, 3.63) is 130 Å². The van der Waals surface area contributed by atoms with E-state index in [0.717, 1.165) is 11.9 Å². The highest BCUT2D eigenvalue weighted by Gasteiger charge is 2.53. The van der Waals surface area contributed by atoms with Gasteiger partial charge in [-0.2, -0.15) is 0 Å². The lowest BCUT2D eigenvalue weighted by Crippen LogP contribution is -2.41. The fraction of sp³-hybridized carbons (Fsp3) is 0.364. The highest BCUT2D eigenvalue weighted by atomic mass is 16.7. The van der Waals surface area contributed by atoms with Gasteiger partial charge in [0.2, 0.25) is 0 Å². The van der Waals surface area contributed by atoms with Gasteiger partial charge in [0.05, 0.1) is 16.6 Å². The van der Waals surface area contributed by atoms with E-state index < -0.39 is 7.12 Å². The molecule has 4 aromatic carbocycles. The molecular weight excluding hydrogens is 571 g/mol. The first-order valence-corrected chi connectivity index (χ1v) is 17.7. The number of benzene rings is 4. The maximum absolute atomic E-state index is 6.52. The molecule has 1 saturated heterocycles. The van der Waals surface area contributed by atoms with Crippen LogP contribution in [0, 0.1) is 13.8 Å². The molecule has 0 saturated carbocycles. The van der Waals surface area contributed by atoms with Crippen molar-refractivity contribution in [1.29, 1.82) is 0 Å². The fourth-order valence-electron chi connectivity index (χ4n) is 8.12. The van der Waals surface area contributed by atoms with Gasteiger partial charge in [-0.25, -0.2) is 0 Å². The standard InChI is InChI=1S/C42H45BO2.C2H6/c1-9-10-11-12-18-32-29(4)42(36-22-15-13-19-33(32)36)37-23-16-14-20-34(37)35-26-25-31(28(3)39(35)42)30-21-17-24-38(27(30)2)43-44-40(5,6)41(7,8)45-43;1-2/h12-26H,9-11H2,1-8H3;1-2H3/b18-12-;. The van der Waals surface area contributed by atoms with Crippen molar-refractivity contribution in [1.82, 2.24) is 0 Å². The van der Waals surface area contributed by atoms with Gasteiger partial charge in [-0.1, -0.05) is 125 Å².